The van der Waals surface area contributed by atoms with Gasteiger partial charge >= 0.3 is 0 Å². The average Bonchev–Trinajstić information content (AvgIpc) is 2.54. The first-order valence-electron chi connectivity index (χ1n) is 5.30. The van der Waals surface area contributed by atoms with Crippen molar-refractivity contribution in [2.75, 3.05) is 11.1 Å². The second-order valence-electron chi connectivity index (χ2n) is 4.12. The lowest BCUT2D eigenvalue weighted by atomic mass is 10.1. The zero-order valence-electron chi connectivity index (χ0n) is 10.1. The van der Waals surface area contributed by atoms with Crippen LogP contribution in [0.2, 0.25) is 5.02 Å². The Morgan fingerprint density at radius 2 is 2.00 bits per heavy atom. The number of rotatable bonds is 2. The van der Waals surface area contributed by atoms with E-state index in [0.29, 0.717) is 10.7 Å². The van der Waals surface area contributed by atoms with Gasteiger partial charge in [-0.1, -0.05) is 11.6 Å². The summed E-state index contributed by atoms with van der Waals surface area (Å²) in [6.07, 6.45) is 1.93. The van der Waals surface area contributed by atoms with Crippen molar-refractivity contribution in [2.45, 2.75) is 13.8 Å². The summed E-state index contributed by atoms with van der Waals surface area (Å²) in [4.78, 5) is 0. The van der Waals surface area contributed by atoms with E-state index < -0.39 is 0 Å². The fraction of sp³-hybridized carbons (Fsp3) is 0.250. The van der Waals surface area contributed by atoms with Crippen LogP contribution in [-0.4, -0.2) is 9.78 Å². The van der Waals surface area contributed by atoms with Gasteiger partial charge in [-0.15, -0.1) is 0 Å². The lowest BCUT2D eigenvalue weighted by Gasteiger charge is -2.10. The van der Waals surface area contributed by atoms with E-state index in [0.717, 1.165) is 22.6 Å². The van der Waals surface area contributed by atoms with Gasteiger partial charge in [-0.3, -0.25) is 4.68 Å². The third-order valence-electron chi connectivity index (χ3n) is 2.63. The fourth-order valence-electron chi connectivity index (χ4n) is 1.71. The number of benzene rings is 1. The molecule has 0 saturated carbocycles. The summed E-state index contributed by atoms with van der Waals surface area (Å²) >= 11 is 6.01. The van der Waals surface area contributed by atoms with Crippen LogP contribution in [0.4, 0.5) is 17.1 Å². The molecular formula is C12H15ClN4. The molecule has 0 fully saturated rings. The number of nitrogens with two attached hydrogens (primary N) is 1. The van der Waals surface area contributed by atoms with Crippen LogP contribution in [0.1, 0.15) is 11.3 Å². The highest BCUT2D eigenvalue weighted by atomic mass is 35.5. The summed E-state index contributed by atoms with van der Waals surface area (Å²) in [6.45, 7) is 3.94. The van der Waals surface area contributed by atoms with E-state index in [4.69, 9.17) is 17.3 Å². The Bertz CT molecular complexity index is 560. The van der Waals surface area contributed by atoms with Crippen molar-refractivity contribution in [1.29, 1.82) is 0 Å². The van der Waals surface area contributed by atoms with E-state index in [2.05, 4.69) is 10.4 Å². The highest BCUT2D eigenvalue weighted by Crippen LogP contribution is 2.29. The first-order valence-corrected chi connectivity index (χ1v) is 5.68. The van der Waals surface area contributed by atoms with Crippen LogP contribution >= 0.6 is 11.6 Å². The Labute approximate surface area is 105 Å². The van der Waals surface area contributed by atoms with Gasteiger partial charge in [0.2, 0.25) is 0 Å². The van der Waals surface area contributed by atoms with Crippen LogP contribution in [0.3, 0.4) is 0 Å². The molecule has 4 nitrogen and oxygen atoms in total. The molecule has 1 heterocycles. The summed E-state index contributed by atoms with van der Waals surface area (Å²) < 4.78 is 1.77. The number of hydrogen-bond acceptors (Lipinski definition) is 3. The predicted octanol–water partition coefficient (Wildman–Crippen LogP) is 3.02. The molecule has 1 aromatic heterocycles. The maximum Gasteiger partial charge on any atom is 0.0828 e. The molecule has 5 heteroatoms. The molecule has 0 spiro atoms. The molecule has 1 aromatic carbocycles. The highest BCUT2D eigenvalue weighted by molar-refractivity contribution is 6.33. The van der Waals surface area contributed by atoms with Crippen molar-refractivity contribution >= 4 is 28.7 Å². The Balaban J connectivity index is 2.36. The summed E-state index contributed by atoms with van der Waals surface area (Å²) in [5, 5.41) is 8.13. The van der Waals surface area contributed by atoms with E-state index in [1.54, 1.807) is 4.68 Å². The lowest BCUT2D eigenvalue weighted by molar-refractivity contribution is 0.756. The summed E-state index contributed by atoms with van der Waals surface area (Å²) in [5.74, 6) is 0. The van der Waals surface area contributed by atoms with Gasteiger partial charge in [0.1, 0.15) is 0 Å². The van der Waals surface area contributed by atoms with E-state index in [1.165, 1.54) is 0 Å². The van der Waals surface area contributed by atoms with Crippen LogP contribution in [0.5, 0.6) is 0 Å². The number of nitrogens with zero attached hydrogens (tertiary/aromatic N) is 2. The minimum atomic E-state index is 0.555. The minimum absolute atomic E-state index is 0.555. The Morgan fingerprint density at radius 1 is 1.29 bits per heavy atom. The normalized spacial score (nSPS) is 10.6. The smallest absolute Gasteiger partial charge is 0.0828 e. The molecular weight excluding hydrogens is 236 g/mol. The van der Waals surface area contributed by atoms with Crippen molar-refractivity contribution in [1.82, 2.24) is 9.78 Å². The molecule has 0 aliphatic heterocycles. The third kappa shape index (κ3) is 2.36. The molecule has 2 aromatic rings. The predicted molar refractivity (Wildman–Crippen MR) is 71.8 cm³/mol. The molecule has 0 saturated heterocycles. The van der Waals surface area contributed by atoms with Gasteiger partial charge in [0, 0.05) is 18.9 Å². The van der Waals surface area contributed by atoms with E-state index in [-0.39, 0.29) is 0 Å². The van der Waals surface area contributed by atoms with Crippen molar-refractivity contribution in [3.05, 3.63) is 34.6 Å². The number of nitrogen functional groups attached to an aromatic ring is 1. The maximum atomic E-state index is 6.01. The Hall–Kier alpha value is -1.68. The number of nitrogens with one attached hydrogen (secondary N) is 1. The zero-order chi connectivity index (χ0) is 12.6. The van der Waals surface area contributed by atoms with Gasteiger partial charge in [0.15, 0.2) is 0 Å². The third-order valence-corrected chi connectivity index (χ3v) is 2.95. The quantitative estimate of drug-likeness (QED) is 0.806. The second kappa shape index (κ2) is 4.30. The number of hydrogen-bond donors (Lipinski definition) is 2. The topological polar surface area (TPSA) is 55.9 Å². The molecule has 0 aliphatic carbocycles. The first kappa shape index (κ1) is 11.8. The number of halogens is 1. The summed E-state index contributed by atoms with van der Waals surface area (Å²) in [6, 6.07) is 3.69. The van der Waals surface area contributed by atoms with Crippen molar-refractivity contribution in [3.8, 4) is 0 Å². The van der Waals surface area contributed by atoms with Gasteiger partial charge < -0.3 is 11.1 Å². The maximum absolute atomic E-state index is 6.01. The van der Waals surface area contributed by atoms with Crippen molar-refractivity contribution in [2.24, 2.45) is 7.05 Å². The molecule has 0 amide bonds. The average molecular weight is 251 g/mol. The van der Waals surface area contributed by atoms with Gasteiger partial charge in [-0.25, -0.2) is 0 Å². The van der Waals surface area contributed by atoms with Crippen molar-refractivity contribution < 1.29 is 0 Å². The lowest BCUT2D eigenvalue weighted by Crippen LogP contribution is -1.96. The number of aromatic nitrogens is 2. The van der Waals surface area contributed by atoms with Crippen molar-refractivity contribution in [3.63, 3.8) is 0 Å². The second-order valence-corrected chi connectivity index (χ2v) is 4.52. The molecule has 0 bridgehead atoms. The van der Waals surface area contributed by atoms with Gasteiger partial charge in [0.25, 0.3) is 0 Å². The molecule has 0 unspecified atom stereocenters. The molecule has 3 N–H and O–H groups in total. The largest absolute Gasteiger partial charge is 0.398 e. The Kier molecular flexibility index (Phi) is 2.98. The van der Waals surface area contributed by atoms with Crippen LogP contribution in [0.25, 0.3) is 0 Å². The van der Waals surface area contributed by atoms with Crippen LogP contribution < -0.4 is 11.1 Å². The molecule has 17 heavy (non-hydrogen) atoms. The summed E-state index contributed by atoms with van der Waals surface area (Å²) in [5.41, 5.74) is 10.2. The fourth-order valence-corrected chi connectivity index (χ4v) is 1.87. The number of anilines is 3. The highest BCUT2D eigenvalue weighted by Gasteiger charge is 2.07. The van der Waals surface area contributed by atoms with E-state index in [1.807, 2.05) is 39.2 Å². The van der Waals surface area contributed by atoms with E-state index >= 15 is 0 Å². The standard InChI is InChI=1S/C12H15ClN4/c1-7-4-10(14)9(13)5-11(7)15-12-6-17(3)16-8(12)2/h4-6,15H,14H2,1-3H3. The van der Waals surface area contributed by atoms with Crippen LogP contribution in [0.15, 0.2) is 18.3 Å². The van der Waals surface area contributed by atoms with Gasteiger partial charge in [0.05, 0.1) is 22.1 Å². The molecule has 0 aliphatic rings. The molecule has 0 radical (unpaired) electrons. The molecule has 2 rings (SSSR count). The monoisotopic (exact) mass is 250 g/mol. The molecule has 90 valence electrons. The van der Waals surface area contributed by atoms with Gasteiger partial charge in [-0.2, -0.15) is 5.10 Å². The van der Waals surface area contributed by atoms with Gasteiger partial charge in [-0.05, 0) is 31.5 Å². The SMILES string of the molecule is Cc1cc(N)c(Cl)cc1Nc1cn(C)nc1C. The van der Waals surface area contributed by atoms with Crippen LogP contribution in [-0.2, 0) is 7.05 Å². The Morgan fingerprint density at radius 3 is 2.59 bits per heavy atom. The van der Waals surface area contributed by atoms with Crippen LogP contribution in [0, 0.1) is 13.8 Å². The van der Waals surface area contributed by atoms with E-state index in [9.17, 15) is 0 Å². The first-order chi connectivity index (χ1) is 7.97. The zero-order valence-corrected chi connectivity index (χ0v) is 10.8. The summed E-state index contributed by atoms with van der Waals surface area (Å²) in [7, 11) is 1.89. The molecule has 0 atom stereocenters. The number of aryl methyl sites for hydroxylation is 3. The minimum Gasteiger partial charge on any atom is -0.398 e.